The Kier molecular flexibility index (Phi) is 8.10. The Hall–Kier alpha value is -3.18. The molecule has 0 spiro atoms. The number of ether oxygens (including phenoxy) is 1. The summed E-state index contributed by atoms with van der Waals surface area (Å²) < 4.78 is 19.4. The molecule has 1 aliphatic heterocycles. The number of halogens is 1. The molecule has 3 aromatic carbocycles. The van der Waals surface area contributed by atoms with Gasteiger partial charge in [-0.3, -0.25) is 4.90 Å². The summed E-state index contributed by atoms with van der Waals surface area (Å²) in [5.74, 6) is -0.224. The van der Waals surface area contributed by atoms with Gasteiger partial charge < -0.3 is 9.64 Å². The van der Waals surface area contributed by atoms with Crippen LogP contribution in [0.25, 0.3) is 0 Å². The van der Waals surface area contributed by atoms with E-state index in [4.69, 9.17) is 4.74 Å². The number of benzene rings is 3. The van der Waals surface area contributed by atoms with Crippen LogP contribution in [0.15, 0.2) is 84.9 Å². The SMILES string of the molecule is CC(C)(C)OC(=O)N1CCC(Cc2ccc(F)cc2)(N(Cc2ccccc2)Cc2ccccc2)CC1. The molecule has 0 unspecified atom stereocenters. The number of rotatable bonds is 7. The second kappa shape index (κ2) is 11.3. The van der Waals surface area contributed by atoms with Gasteiger partial charge in [-0.05, 0) is 68.9 Å². The van der Waals surface area contributed by atoms with Crippen molar-refractivity contribution in [1.82, 2.24) is 9.80 Å². The van der Waals surface area contributed by atoms with Gasteiger partial charge >= 0.3 is 6.09 Å². The third kappa shape index (κ3) is 6.94. The predicted molar refractivity (Wildman–Crippen MR) is 142 cm³/mol. The lowest BCUT2D eigenvalue weighted by Gasteiger charge is -2.49. The van der Waals surface area contributed by atoms with Crippen molar-refractivity contribution >= 4 is 6.09 Å². The molecule has 0 atom stereocenters. The summed E-state index contributed by atoms with van der Waals surface area (Å²) in [7, 11) is 0. The van der Waals surface area contributed by atoms with Crippen LogP contribution in [0, 0.1) is 5.82 Å². The van der Waals surface area contributed by atoms with Crippen molar-refractivity contribution in [2.24, 2.45) is 0 Å². The molecule has 0 N–H and O–H groups in total. The highest BCUT2D eigenvalue weighted by Gasteiger charge is 2.41. The van der Waals surface area contributed by atoms with Crippen molar-refractivity contribution in [1.29, 1.82) is 0 Å². The molecule has 4 nitrogen and oxygen atoms in total. The van der Waals surface area contributed by atoms with E-state index in [9.17, 15) is 9.18 Å². The fraction of sp³-hybridized carbons (Fsp3) is 0.387. The van der Waals surface area contributed by atoms with Crippen LogP contribution in [0.4, 0.5) is 9.18 Å². The summed E-state index contributed by atoms with van der Waals surface area (Å²) >= 11 is 0. The van der Waals surface area contributed by atoms with Crippen molar-refractivity contribution in [3.05, 3.63) is 107 Å². The molecule has 3 aromatic rings. The zero-order chi connectivity index (χ0) is 25.6. The van der Waals surface area contributed by atoms with Crippen LogP contribution in [0.2, 0.25) is 0 Å². The minimum Gasteiger partial charge on any atom is -0.444 e. The monoisotopic (exact) mass is 488 g/mol. The Morgan fingerprint density at radius 2 is 1.33 bits per heavy atom. The maximum atomic E-state index is 13.7. The quantitative estimate of drug-likeness (QED) is 0.365. The lowest BCUT2D eigenvalue weighted by Crippen LogP contribution is -2.57. The first-order chi connectivity index (χ1) is 17.2. The Labute approximate surface area is 214 Å². The number of carbonyl (C=O) groups excluding carboxylic acids is 1. The standard InChI is InChI=1S/C31H37FN2O2/c1-30(2,3)36-29(35)33-20-18-31(19-21-33,22-25-14-16-28(32)17-15-25)34(23-26-10-6-4-7-11-26)24-27-12-8-5-9-13-27/h4-17H,18-24H2,1-3H3. The van der Waals surface area contributed by atoms with Crippen molar-refractivity contribution in [2.75, 3.05) is 13.1 Å². The van der Waals surface area contributed by atoms with E-state index < -0.39 is 5.60 Å². The van der Waals surface area contributed by atoms with Gasteiger partial charge in [-0.25, -0.2) is 9.18 Å². The van der Waals surface area contributed by atoms with E-state index in [1.54, 1.807) is 0 Å². The Morgan fingerprint density at radius 1 is 0.833 bits per heavy atom. The summed E-state index contributed by atoms with van der Waals surface area (Å²) in [6.45, 7) is 8.53. The van der Waals surface area contributed by atoms with Crippen LogP contribution in [0.3, 0.4) is 0 Å². The Balaban J connectivity index is 1.65. The van der Waals surface area contributed by atoms with Crippen molar-refractivity contribution in [2.45, 2.75) is 64.3 Å². The lowest BCUT2D eigenvalue weighted by molar-refractivity contribution is -0.0133. The number of carbonyl (C=O) groups is 1. The van der Waals surface area contributed by atoms with Crippen molar-refractivity contribution in [3.8, 4) is 0 Å². The number of amides is 1. The van der Waals surface area contributed by atoms with Gasteiger partial charge in [-0.2, -0.15) is 0 Å². The Bertz CT molecular complexity index is 1060. The fourth-order valence-corrected chi connectivity index (χ4v) is 5.02. The van der Waals surface area contributed by atoms with Crippen LogP contribution in [0.5, 0.6) is 0 Å². The maximum Gasteiger partial charge on any atom is 0.410 e. The van der Waals surface area contributed by atoms with Crippen LogP contribution in [0.1, 0.15) is 50.3 Å². The summed E-state index contributed by atoms with van der Waals surface area (Å²) in [6, 6.07) is 27.9. The van der Waals surface area contributed by atoms with Gasteiger partial charge in [0.15, 0.2) is 0 Å². The van der Waals surface area contributed by atoms with Gasteiger partial charge in [0.1, 0.15) is 11.4 Å². The summed E-state index contributed by atoms with van der Waals surface area (Å²) in [4.78, 5) is 17.2. The second-order valence-corrected chi connectivity index (χ2v) is 10.8. The zero-order valence-corrected chi connectivity index (χ0v) is 21.6. The summed E-state index contributed by atoms with van der Waals surface area (Å²) in [5.41, 5.74) is 2.89. The highest BCUT2D eigenvalue weighted by molar-refractivity contribution is 5.68. The van der Waals surface area contributed by atoms with E-state index in [1.807, 2.05) is 49.9 Å². The maximum absolute atomic E-state index is 13.7. The van der Waals surface area contributed by atoms with Crippen LogP contribution >= 0.6 is 0 Å². The molecule has 190 valence electrons. The molecular weight excluding hydrogens is 451 g/mol. The first-order valence-corrected chi connectivity index (χ1v) is 12.8. The normalized spacial score (nSPS) is 15.6. The van der Waals surface area contributed by atoms with E-state index in [0.29, 0.717) is 13.1 Å². The molecule has 0 saturated carbocycles. The van der Waals surface area contributed by atoms with E-state index in [0.717, 1.165) is 37.9 Å². The fourth-order valence-electron chi connectivity index (χ4n) is 5.02. The number of nitrogens with zero attached hydrogens (tertiary/aromatic N) is 2. The van der Waals surface area contributed by atoms with E-state index in [1.165, 1.54) is 23.3 Å². The molecule has 1 fully saturated rings. The van der Waals surface area contributed by atoms with Gasteiger partial charge in [-0.15, -0.1) is 0 Å². The predicted octanol–water partition coefficient (Wildman–Crippen LogP) is 6.84. The van der Waals surface area contributed by atoms with Gasteiger partial charge in [-0.1, -0.05) is 72.8 Å². The summed E-state index contributed by atoms with van der Waals surface area (Å²) in [6.07, 6.45) is 2.15. The molecule has 1 aliphatic rings. The molecule has 1 saturated heterocycles. The number of piperidine rings is 1. The molecule has 0 bridgehead atoms. The molecule has 5 heteroatoms. The van der Waals surface area contributed by atoms with E-state index >= 15 is 0 Å². The topological polar surface area (TPSA) is 32.8 Å². The molecule has 0 aliphatic carbocycles. The molecular formula is C31H37FN2O2. The van der Waals surface area contributed by atoms with Gasteiger partial charge in [0, 0.05) is 31.7 Å². The molecule has 1 amide bonds. The number of likely N-dealkylation sites (tertiary alicyclic amines) is 1. The molecule has 36 heavy (non-hydrogen) atoms. The lowest BCUT2D eigenvalue weighted by atomic mass is 9.79. The van der Waals surface area contributed by atoms with E-state index in [2.05, 4.69) is 53.4 Å². The van der Waals surface area contributed by atoms with Crippen molar-refractivity contribution < 1.29 is 13.9 Å². The first-order valence-electron chi connectivity index (χ1n) is 12.8. The number of hydrogen-bond acceptors (Lipinski definition) is 3. The summed E-state index contributed by atoms with van der Waals surface area (Å²) in [5, 5.41) is 0. The first kappa shape index (κ1) is 25.9. The highest BCUT2D eigenvalue weighted by atomic mass is 19.1. The molecule has 0 aromatic heterocycles. The van der Waals surface area contributed by atoms with Crippen LogP contribution in [-0.4, -0.2) is 40.1 Å². The third-order valence-electron chi connectivity index (χ3n) is 6.90. The second-order valence-electron chi connectivity index (χ2n) is 10.8. The van der Waals surface area contributed by atoms with E-state index in [-0.39, 0.29) is 17.4 Å². The number of hydrogen-bond donors (Lipinski definition) is 0. The van der Waals surface area contributed by atoms with Gasteiger partial charge in [0.2, 0.25) is 0 Å². The largest absolute Gasteiger partial charge is 0.444 e. The molecule has 1 heterocycles. The average Bonchev–Trinajstić information content (AvgIpc) is 2.86. The third-order valence-corrected chi connectivity index (χ3v) is 6.90. The highest BCUT2D eigenvalue weighted by Crippen LogP contribution is 2.36. The minimum atomic E-state index is -0.521. The van der Waals surface area contributed by atoms with Crippen LogP contribution in [-0.2, 0) is 24.2 Å². The van der Waals surface area contributed by atoms with Crippen LogP contribution < -0.4 is 0 Å². The van der Waals surface area contributed by atoms with Crippen molar-refractivity contribution in [3.63, 3.8) is 0 Å². The zero-order valence-electron chi connectivity index (χ0n) is 21.6. The Morgan fingerprint density at radius 3 is 1.81 bits per heavy atom. The smallest absolute Gasteiger partial charge is 0.410 e. The van der Waals surface area contributed by atoms with Gasteiger partial charge in [0.25, 0.3) is 0 Å². The minimum absolute atomic E-state index is 0.192. The average molecular weight is 489 g/mol. The van der Waals surface area contributed by atoms with Gasteiger partial charge in [0.05, 0.1) is 0 Å². The molecule has 4 rings (SSSR count). The molecule has 0 radical (unpaired) electrons.